The van der Waals surface area contributed by atoms with Crippen LogP contribution in [-0.2, 0) is 20.9 Å². The fourth-order valence-corrected chi connectivity index (χ4v) is 1.96. The highest BCUT2D eigenvalue weighted by atomic mass is 16.5. The molecule has 0 bridgehead atoms. The van der Waals surface area contributed by atoms with E-state index in [1.54, 1.807) is 31.4 Å². The minimum atomic E-state index is -0.908. The first-order chi connectivity index (χ1) is 11.6. The second-order valence-corrected chi connectivity index (χ2v) is 4.95. The monoisotopic (exact) mass is 329 g/mol. The molecule has 1 heterocycles. The Morgan fingerprint density at radius 1 is 1.25 bits per heavy atom. The third-order valence-electron chi connectivity index (χ3n) is 3.22. The number of ether oxygens (including phenoxy) is 2. The molecule has 0 fully saturated rings. The van der Waals surface area contributed by atoms with E-state index in [-0.39, 0.29) is 6.54 Å². The topological polar surface area (TPSA) is 77.8 Å². The van der Waals surface area contributed by atoms with Crippen LogP contribution in [-0.4, -0.2) is 25.1 Å². The van der Waals surface area contributed by atoms with Gasteiger partial charge in [0.1, 0.15) is 11.5 Å². The molecule has 126 valence electrons. The number of amides is 1. The molecule has 0 spiro atoms. The summed E-state index contributed by atoms with van der Waals surface area (Å²) in [4.78, 5) is 23.7. The van der Waals surface area contributed by atoms with E-state index in [9.17, 15) is 9.59 Å². The Labute approximate surface area is 140 Å². The number of carbonyl (C=O) groups excluding carboxylic acids is 2. The summed E-state index contributed by atoms with van der Waals surface area (Å²) < 4.78 is 15.4. The van der Waals surface area contributed by atoms with Gasteiger partial charge in [-0.3, -0.25) is 4.79 Å². The van der Waals surface area contributed by atoms with E-state index in [2.05, 4.69) is 5.32 Å². The summed E-state index contributed by atoms with van der Waals surface area (Å²) in [6.45, 7) is 1.75. The Morgan fingerprint density at radius 2 is 2.04 bits per heavy atom. The van der Waals surface area contributed by atoms with E-state index >= 15 is 0 Å². The molecule has 1 aromatic heterocycles. The van der Waals surface area contributed by atoms with Crippen molar-refractivity contribution in [3.8, 4) is 5.75 Å². The SMILES string of the molecule is COc1ccccc1/C=C/C(=O)O[C@@H](C)C(=O)NCc1ccco1. The van der Waals surface area contributed by atoms with Crippen molar-refractivity contribution in [1.82, 2.24) is 5.32 Å². The second kappa shape index (κ2) is 8.57. The Morgan fingerprint density at radius 3 is 2.75 bits per heavy atom. The molecule has 2 aromatic rings. The molecule has 1 N–H and O–H groups in total. The fourth-order valence-electron chi connectivity index (χ4n) is 1.96. The van der Waals surface area contributed by atoms with Gasteiger partial charge in [-0.15, -0.1) is 0 Å². The molecule has 1 atom stereocenters. The number of hydrogen-bond acceptors (Lipinski definition) is 5. The van der Waals surface area contributed by atoms with Crippen molar-refractivity contribution < 1.29 is 23.5 Å². The maximum atomic E-state index is 11.9. The average molecular weight is 329 g/mol. The largest absolute Gasteiger partial charge is 0.496 e. The lowest BCUT2D eigenvalue weighted by atomic mass is 10.2. The normalized spacial score (nSPS) is 11.9. The summed E-state index contributed by atoms with van der Waals surface area (Å²) in [5.74, 6) is 0.260. The second-order valence-electron chi connectivity index (χ2n) is 4.95. The third kappa shape index (κ3) is 5.01. The smallest absolute Gasteiger partial charge is 0.331 e. The Bertz CT molecular complexity index is 706. The average Bonchev–Trinajstić information content (AvgIpc) is 3.11. The van der Waals surface area contributed by atoms with Gasteiger partial charge in [0.2, 0.25) is 0 Å². The number of nitrogens with one attached hydrogen (secondary N) is 1. The number of rotatable bonds is 7. The van der Waals surface area contributed by atoms with Crippen molar-refractivity contribution in [3.05, 3.63) is 60.1 Å². The highest BCUT2D eigenvalue weighted by molar-refractivity contribution is 5.90. The third-order valence-corrected chi connectivity index (χ3v) is 3.22. The fraction of sp³-hybridized carbons (Fsp3) is 0.222. The highest BCUT2D eigenvalue weighted by Gasteiger charge is 2.16. The molecule has 0 radical (unpaired) electrons. The van der Waals surface area contributed by atoms with Crippen LogP contribution in [0.15, 0.2) is 53.2 Å². The van der Waals surface area contributed by atoms with Gasteiger partial charge in [0, 0.05) is 11.6 Å². The number of esters is 1. The zero-order chi connectivity index (χ0) is 17.4. The number of furan rings is 1. The number of hydrogen-bond donors (Lipinski definition) is 1. The van der Waals surface area contributed by atoms with Crippen molar-refractivity contribution in [2.75, 3.05) is 7.11 Å². The lowest BCUT2D eigenvalue weighted by molar-refractivity contribution is -0.150. The van der Waals surface area contributed by atoms with Gasteiger partial charge in [-0.25, -0.2) is 4.79 Å². The first-order valence-electron chi connectivity index (χ1n) is 7.42. The molecule has 0 aliphatic carbocycles. The maximum absolute atomic E-state index is 11.9. The van der Waals surface area contributed by atoms with Gasteiger partial charge in [0.05, 0.1) is 19.9 Å². The molecule has 24 heavy (non-hydrogen) atoms. The lowest BCUT2D eigenvalue weighted by Gasteiger charge is -2.11. The number of para-hydroxylation sites is 1. The molecular formula is C18H19NO5. The summed E-state index contributed by atoms with van der Waals surface area (Å²) in [6.07, 6.45) is 3.45. The predicted octanol–water partition coefficient (Wildman–Crippen LogP) is 2.55. The van der Waals surface area contributed by atoms with Crippen molar-refractivity contribution >= 4 is 18.0 Å². The molecule has 0 unspecified atom stereocenters. The number of methoxy groups -OCH3 is 1. The first-order valence-corrected chi connectivity index (χ1v) is 7.42. The van der Waals surface area contributed by atoms with Gasteiger partial charge in [-0.1, -0.05) is 18.2 Å². The van der Waals surface area contributed by atoms with Crippen LogP contribution in [0.2, 0.25) is 0 Å². The molecule has 1 aromatic carbocycles. The predicted molar refractivity (Wildman–Crippen MR) is 88.1 cm³/mol. The molecule has 1 amide bonds. The summed E-state index contributed by atoms with van der Waals surface area (Å²) in [5, 5.41) is 2.63. The van der Waals surface area contributed by atoms with E-state index in [1.165, 1.54) is 19.3 Å². The van der Waals surface area contributed by atoms with Crippen molar-refractivity contribution in [2.24, 2.45) is 0 Å². The van der Waals surface area contributed by atoms with E-state index in [0.717, 1.165) is 5.56 Å². The molecule has 0 saturated carbocycles. The van der Waals surface area contributed by atoms with Crippen molar-refractivity contribution in [2.45, 2.75) is 19.6 Å². The maximum Gasteiger partial charge on any atom is 0.331 e. The summed E-state index contributed by atoms with van der Waals surface area (Å²) >= 11 is 0. The summed E-state index contributed by atoms with van der Waals surface area (Å²) in [7, 11) is 1.55. The van der Waals surface area contributed by atoms with Gasteiger partial charge in [-0.2, -0.15) is 0 Å². The standard InChI is InChI=1S/C18H19NO5/c1-13(18(21)19-12-15-7-5-11-23-15)24-17(20)10-9-14-6-3-4-8-16(14)22-2/h3-11,13H,12H2,1-2H3,(H,19,21)/b10-9+/t13-/m0/s1. The number of carbonyl (C=O) groups is 2. The van der Waals surface area contributed by atoms with Gasteiger partial charge < -0.3 is 19.2 Å². The summed E-state index contributed by atoms with van der Waals surface area (Å²) in [6, 6.07) is 10.7. The Kier molecular flexibility index (Phi) is 6.19. The van der Waals surface area contributed by atoms with Gasteiger partial charge in [0.25, 0.3) is 5.91 Å². The first kappa shape index (κ1) is 17.3. The molecule has 6 heteroatoms. The van der Waals surface area contributed by atoms with Crippen LogP contribution in [0.25, 0.3) is 6.08 Å². The minimum absolute atomic E-state index is 0.241. The van der Waals surface area contributed by atoms with E-state index in [0.29, 0.717) is 11.5 Å². The molecule has 2 rings (SSSR count). The van der Waals surface area contributed by atoms with E-state index in [1.807, 2.05) is 18.2 Å². The van der Waals surface area contributed by atoms with Crippen LogP contribution in [0.4, 0.5) is 0 Å². The number of benzene rings is 1. The minimum Gasteiger partial charge on any atom is -0.496 e. The quantitative estimate of drug-likeness (QED) is 0.624. The zero-order valence-electron chi connectivity index (χ0n) is 13.5. The van der Waals surface area contributed by atoms with Crippen LogP contribution < -0.4 is 10.1 Å². The van der Waals surface area contributed by atoms with Crippen LogP contribution in [0, 0.1) is 0 Å². The van der Waals surface area contributed by atoms with Gasteiger partial charge >= 0.3 is 5.97 Å². The van der Waals surface area contributed by atoms with E-state index < -0.39 is 18.0 Å². The molecular weight excluding hydrogens is 310 g/mol. The van der Waals surface area contributed by atoms with Crippen molar-refractivity contribution in [3.63, 3.8) is 0 Å². The summed E-state index contributed by atoms with van der Waals surface area (Å²) in [5.41, 5.74) is 0.742. The Hall–Kier alpha value is -3.02. The molecule has 6 nitrogen and oxygen atoms in total. The van der Waals surface area contributed by atoms with Gasteiger partial charge in [0.15, 0.2) is 6.10 Å². The molecule has 0 aliphatic rings. The zero-order valence-corrected chi connectivity index (χ0v) is 13.5. The molecule has 0 aliphatic heterocycles. The lowest BCUT2D eigenvalue weighted by Crippen LogP contribution is -2.35. The van der Waals surface area contributed by atoms with Crippen LogP contribution in [0.5, 0.6) is 5.75 Å². The highest BCUT2D eigenvalue weighted by Crippen LogP contribution is 2.18. The Balaban J connectivity index is 1.84. The van der Waals surface area contributed by atoms with Crippen LogP contribution in [0.3, 0.4) is 0 Å². The van der Waals surface area contributed by atoms with Gasteiger partial charge in [-0.05, 0) is 31.2 Å². The molecule has 0 saturated heterocycles. The van der Waals surface area contributed by atoms with E-state index in [4.69, 9.17) is 13.9 Å². The van der Waals surface area contributed by atoms with Crippen LogP contribution >= 0.6 is 0 Å². The van der Waals surface area contributed by atoms with Crippen LogP contribution in [0.1, 0.15) is 18.2 Å². The van der Waals surface area contributed by atoms with Crippen molar-refractivity contribution in [1.29, 1.82) is 0 Å².